The maximum absolute atomic E-state index is 13.5. The van der Waals surface area contributed by atoms with Crippen molar-refractivity contribution >= 4 is 17.7 Å². The molecule has 9 nitrogen and oxygen atoms in total. The maximum atomic E-state index is 13.5. The van der Waals surface area contributed by atoms with Gasteiger partial charge in [0, 0.05) is 24.7 Å². The van der Waals surface area contributed by atoms with Crippen LogP contribution in [0, 0.1) is 12.3 Å². The van der Waals surface area contributed by atoms with Crippen LogP contribution in [0.25, 0.3) is 0 Å². The minimum absolute atomic E-state index is 0.133. The number of carbonyl (C=O) groups is 2. The lowest BCUT2D eigenvalue weighted by molar-refractivity contribution is -0.128. The highest BCUT2D eigenvalue weighted by Gasteiger charge is 2.49. The fourth-order valence-electron chi connectivity index (χ4n) is 5.38. The monoisotopic (exact) mass is 466 g/mol. The van der Waals surface area contributed by atoms with Crippen LogP contribution in [0.1, 0.15) is 46.3 Å². The number of esters is 1. The summed E-state index contributed by atoms with van der Waals surface area (Å²) >= 11 is 0. The first kappa shape index (κ1) is 22.6. The molecule has 0 aliphatic carbocycles. The Bertz CT molecular complexity index is 1100. The lowest BCUT2D eigenvalue weighted by atomic mass is 9.77. The van der Waals surface area contributed by atoms with Crippen LogP contribution in [0.2, 0.25) is 0 Å². The number of piperidine rings is 1. The number of rotatable bonds is 6. The van der Waals surface area contributed by atoms with E-state index >= 15 is 0 Å². The van der Waals surface area contributed by atoms with E-state index in [1.165, 1.54) is 19.8 Å². The molecule has 0 N–H and O–H groups in total. The Morgan fingerprint density at radius 1 is 1.06 bits per heavy atom. The van der Waals surface area contributed by atoms with Crippen LogP contribution in [0.15, 0.2) is 18.2 Å². The number of amides is 1. The number of benzene rings is 1. The number of hydrogen-bond acceptors (Lipinski definition) is 8. The Labute approximate surface area is 199 Å². The van der Waals surface area contributed by atoms with Gasteiger partial charge >= 0.3 is 12.0 Å². The molecule has 1 spiro atoms. The normalized spacial score (nSPS) is 19.4. The highest BCUT2D eigenvalue weighted by Crippen LogP contribution is 2.43. The molecule has 2 saturated heterocycles. The SMILES string of the molecule is COc1cc(N2CCC3(CCN(CCc4ccc5c(c4C)COC5=O)CC3)C2=O)nc(OC)n1. The van der Waals surface area contributed by atoms with E-state index < -0.39 is 0 Å². The Hall–Kier alpha value is -3.20. The number of carbonyl (C=O) groups excluding carboxylic acids is 2. The molecule has 3 aliphatic heterocycles. The van der Waals surface area contributed by atoms with Gasteiger partial charge in [0.05, 0.1) is 25.2 Å². The van der Waals surface area contributed by atoms with E-state index in [0.29, 0.717) is 30.4 Å². The van der Waals surface area contributed by atoms with Crippen molar-refractivity contribution in [1.29, 1.82) is 0 Å². The topological polar surface area (TPSA) is 94.1 Å². The van der Waals surface area contributed by atoms with Gasteiger partial charge in [-0.2, -0.15) is 9.97 Å². The summed E-state index contributed by atoms with van der Waals surface area (Å²) in [6.45, 7) is 5.80. The molecule has 0 bridgehead atoms. The molecule has 0 unspecified atom stereocenters. The van der Waals surface area contributed by atoms with Crippen molar-refractivity contribution in [3.63, 3.8) is 0 Å². The lowest BCUT2D eigenvalue weighted by Gasteiger charge is -2.38. The third-order valence-electron chi connectivity index (χ3n) is 7.64. The molecule has 2 fully saturated rings. The number of nitrogens with zero attached hydrogens (tertiary/aromatic N) is 4. The zero-order valence-electron chi connectivity index (χ0n) is 19.9. The molecule has 2 aromatic rings. The fraction of sp³-hybridized carbons (Fsp3) is 0.520. The van der Waals surface area contributed by atoms with E-state index in [9.17, 15) is 9.59 Å². The largest absolute Gasteiger partial charge is 0.481 e. The number of likely N-dealkylation sites (tertiary alicyclic amines) is 1. The zero-order valence-corrected chi connectivity index (χ0v) is 19.9. The van der Waals surface area contributed by atoms with Gasteiger partial charge in [0.15, 0.2) is 0 Å². The van der Waals surface area contributed by atoms with Crippen LogP contribution in [0.5, 0.6) is 11.9 Å². The van der Waals surface area contributed by atoms with Crippen molar-refractivity contribution in [2.24, 2.45) is 5.41 Å². The van der Waals surface area contributed by atoms with Crippen molar-refractivity contribution in [2.75, 3.05) is 45.3 Å². The van der Waals surface area contributed by atoms with Crippen molar-refractivity contribution < 1.29 is 23.8 Å². The Morgan fingerprint density at radius 3 is 2.56 bits per heavy atom. The van der Waals surface area contributed by atoms with E-state index in [1.807, 2.05) is 6.07 Å². The zero-order chi connectivity index (χ0) is 23.9. The summed E-state index contributed by atoms with van der Waals surface area (Å²) in [5.41, 5.74) is 3.81. The highest BCUT2D eigenvalue weighted by atomic mass is 16.5. The highest BCUT2D eigenvalue weighted by molar-refractivity contribution is 5.99. The molecule has 0 atom stereocenters. The molecule has 1 amide bonds. The molecule has 5 rings (SSSR count). The van der Waals surface area contributed by atoms with Crippen LogP contribution in [0.3, 0.4) is 0 Å². The summed E-state index contributed by atoms with van der Waals surface area (Å²) in [6.07, 6.45) is 3.42. The van der Waals surface area contributed by atoms with Gasteiger partial charge in [-0.15, -0.1) is 0 Å². The van der Waals surface area contributed by atoms with Crippen molar-refractivity contribution in [2.45, 2.75) is 39.2 Å². The van der Waals surface area contributed by atoms with Gasteiger partial charge in [-0.1, -0.05) is 6.07 Å². The summed E-state index contributed by atoms with van der Waals surface area (Å²) in [5, 5.41) is 0. The number of methoxy groups -OCH3 is 2. The second kappa shape index (κ2) is 8.87. The number of ether oxygens (including phenoxy) is 3. The molecule has 0 radical (unpaired) electrons. The average Bonchev–Trinajstić information content (AvgIpc) is 3.39. The predicted octanol–water partition coefficient (Wildman–Crippen LogP) is 2.53. The summed E-state index contributed by atoms with van der Waals surface area (Å²) < 4.78 is 15.6. The smallest absolute Gasteiger partial charge is 0.338 e. The van der Waals surface area contributed by atoms with Gasteiger partial charge in [-0.05, 0) is 62.9 Å². The lowest BCUT2D eigenvalue weighted by Crippen LogP contribution is -2.45. The quantitative estimate of drug-likeness (QED) is 0.600. The van der Waals surface area contributed by atoms with Gasteiger partial charge in [0.25, 0.3) is 0 Å². The van der Waals surface area contributed by atoms with Crippen molar-refractivity contribution in [3.05, 3.63) is 40.5 Å². The standard InChI is InChI=1S/C25H30N4O5/c1-16-17(4-5-18-19(16)15-34-22(18)30)6-10-28-11-7-25(8-12-28)9-13-29(23(25)31)20-14-21(32-2)27-24(26-20)33-3/h4-5,14H,6-13,15H2,1-3H3. The Morgan fingerprint density at radius 2 is 1.82 bits per heavy atom. The van der Waals surface area contributed by atoms with Crippen LogP contribution >= 0.6 is 0 Å². The van der Waals surface area contributed by atoms with Gasteiger partial charge in [0.1, 0.15) is 12.4 Å². The first-order chi connectivity index (χ1) is 16.4. The first-order valence-electron chi connectivity index (χ1n) is 11.7. The molecular weight excluding hydrogens is 436 g/mol. The number of fused-ring (bicyclic) bond motifs is 1. The molecule has 1 aromatic heterocycles. The molecular formula is C25H30N4O5. The van der Waals surface area contributed by atoms with E-state index in [4.69, 9.17) is 14.2 Å². The van der Waals surface area contributed by atoms with E-state index in [2.05, 4.69) is 27.9 Å². The predicted molar refractivity (Wildman–Crippen MR) is 124 cm³/mol. The fourth-order valence-corrected chi connectivity index (χ4v) is 5.38. The molecule has 34 heavy (non-hydrogen) atoms. The van der Waals surface area contributed by atoms with E-state index in [0.717, 1.165) is 56.4 Å². The molecule has 3 aliphatic rings. The second-order valence-corrected chi connectivity index (χ2v) is 9.29. The first-order valence-corrected chi connectivity index (χ1v) is 11.7. The van der Waals surface area contributed by atoms with E-state index in [1.54, 1.807) is 11.0 Å². The number of aromatic nitrogens is 2. The summed E-state index contributed by atoms with van der Waals surface area (Å²) in [5.74, 6) is 0.819. The van der Waals surface area contributed by atoms with Crippen LogP contribution < -0.4 is 14.4 Å². The molecule has 9 heteroatoms. The van der Waals surface area contributed by atoms with Gasteiger partial charge in [-0.25, -0.2) is 4.79 Å². The maximum Gasteiger partial charge on any atom is 0.338 e. The minimum Gasteiger partial charge on any atom is -0.481 e. The van der Waals surface area contributed by atoms with Gasteiger partial charge in [-0.3, -0.25) is 9.69 Å². The Kier molecular flexibility index (Phi) is 5.89. The van der Waals surface area contributed by atoms with Crippen LogP contribution in [0.4, 0.5) is 5.82 Å². The van der Waals surface area contributed by atoms with Gasteiger partial charge in [0.2, 0.25) is 11.8 Å². The second-order valence-electron chi connectivity index (χ2n) is 9.29. The number of hydrogen-bond donors (Lipinski definition) is 0. The Balaban J connectivity index is 1.21. The van der Waals surface area contributed by atoms with Crippen molar-refractivity contribution in [3.8, 4) is 11.9 Å². The van der Waals surface area contributed by atoms with Gasteiger partial charge < -0.3 is 19.1 Å². The van der Waals surface area contributed by atoms with E-state index in [-0.39, 0.29) is 23.3 Å². The summed E-state index contributed by atoms with van der Waals surface area (Å²) in [6, 6.07) is 5.82. The number of cyclic esters (lactones) is 1. The van der Waals surface area contributed by atoms with Crippen LogP contribution in [-0.4, -0.2) is 67.1 Å². The van der Waals surface area contributed by atoms with Crippen LogP contribution in [-0.2, 0) is 22.6 Å². The molecule has 180 valence electrons. The summed E-state index contributed by atoms with van der Waals surface area (Å²) in [7, 11) is 3.03. The third-order valence-corrected chi connectivity index (χ3v) is 7.64. The molecule has 0 saturated carbocycles. The number of anilines is 1. The van der Waals surface area contributed by atoms with Crippen molar-refractivity contribution in [1.82, 2.24) is 14.9 Å². The average molecular weight is 467 g/mol. The summed E-state index contributed by atoms with van der Waals surface area (Å²) in [4.78, 5) is 37.9. The third kappa shape index (κ3) is 3.87. The molecule has 4 heterocycles. The molecule has 1 aromatic carbocycles. The minimum atomic E-state index is -0.330.